The van der Waals surface area contributed by atoms with E-state index in [1.165, 1.54) is 18.0 Å². The van der Waals surface area contributed by atoms with Gasteiger partial charge in [0.15, 0.2) is 5.76 Å². The molecule has 0 aliphatic heterocycles. The highest BCUT2D eigenvalue weighted by Crippen LogP contribution is 2.30. The zero-order chi connectivity index (χ0) is 20.4. The van der Waals surface area contributed by atoms with Crippen LogP contribution < -0.4 is 11.1 Å². The average molecular weight is 408 g/mol. The summed E-state index contributed by atoms with van der Waals surface area (Å²) in [6.07, 6.45) is 1.53. The molecule has 0 radical (unpaired) electrons. The molecule has 0 saturated carbocycles. The van der Waals surface area contributed by atoms with E-state index in [1.54, 1.807) is 37.3 Å². The molecular weight excluding hydrogens is 392 g/mol. The number of nitrogens with zero attached hydrogens (tertiary/aromatic N) is 2. The second kappa shape index (κ2) is 7.80. The van der Waals surface area contributed by atoms with Gasteiger partial charge in [0.2, 0.25) is 5.91 Å². The van der Waals surface area contributed by atoms with E-state index in [0.717, 1.165) is 4.90 Å². The minimum Gasteiger partial charge on any atom is -0.463 e. The Morgan fingerprint density at radius 3 is 2.79 bits per heavy atom. The average Bonchev–Trinajstić information content (AvgIpc) is 3.37. The number of carbonyl (C=O) groups excluding carboxylic acids is 2. The highest BCUT2D eigenvalue weighted by molar-refractivity contribution is 8.00. The van der Waals surface area contributed by atoms with Gasteiger partial charge in [-0.1, -0.05) is 17.3 Å². The number of furan rings is 1. The molecule has 3 N–H and O–H groups in total. The molecular formula is C20H16N4O4S. The molecule has 0 atom stereocenters. The minimum absolute atomic E-state index is 0.111. The van der Waals surface area contributed by atoms with Crippen molar-refractivity contribution in [1.82, 2.24) is 10.1 Å². The number of hydrogen-bond donors (Lipinski definition) is 2. The van der Waals surface area contributed by atoms with E-state index in [0.29, 0.717) is 33.8 Å². The molecule has 0 bridgehead atoms. The van der Waals surface area contributed by atoms with E-state index in [9.17, 15) is 9.59 Å². The van der Waals surface area contributed by atoms with Crippen molar-refractivity contribution in [2.75, 3.05) is 11.1 Å². The summed E-state index contributed by atoms with van der Waals surface area (Å²) >= 11 is 1.25. The van der Waals surface area contributed by atoms with Crippen LogP contribution in [-0.4, -0.2) is 27.7 Å². The van der Waals surface area contributed by atoms with Crippen LogP contribution in [0.3, 0.4) is 0 Å². The van der Waals surface area contributed by atoms with Crippen LogP contribution in [0.4, 0.5) is 5.69 Å². The third kappa shape index (κ3) is 3.85. The number of thioether (sulfide) groups is 1. The summed E-state index contributed by atoms with van der Waals surface area (Å²) < 4.78 is 10.7. The fourth-order valence-electron chi connectivity index (χ4n) is 2.86. The number of aromatic nitrogens is 2. The number of carbonyl (C=O) groups is 2. The van der Waals surface area contributed by atoms with Crippen LogP contribution in [-0.2, 0) is 4.79 Å². The smallest absolute Gasteiger partial charge is 0.259 e. The van der Waals surface area contributed by atoms with Crippen LogP contribution in [0.25, 0.3) is 22.6 Å². The van der Waals surface area contributed by atoms with Gasteiger partial charge in [-0.2, -0.15) is 0 Å². The molecule has 4 aromatic rings. The number of nitrogens with two attached hydrogens (primary N) is 1. The fourth-order valence-corrected chi connectivity index (χ4v) is 3.61. The second-order valence-corrected chi connectivity index (χ2v) is 7.20. The fraction of sp³-hybridized carbons (Fsp3) is 0.100. The van der Waals surface area contributed by atoms with E-state index >= 15 is 0 Å². The first-order chi connectivity index (χ1) is 14.0. The Morgan fingerprint density at radius 2 is 2.03 bits per heavy atom. The highest BCUT2D eigenvalue weighted by atomic mass is 32.2. The maximum absolute atomic E-state index is 13.2. The maximum Gasteiger partial charge on any atom is 0.259 e. The van der Waals surface area contributed by atoms with E-state index in [-0.39, 0.29) is 17.4 Å². The summed E-state index contributed by atoms with van der Waals surface area (Å²) in [4.78, 5) is 29.4. The zero-order valence-corrected chi connectivity index (χ0v) is 16.2. The Labute approximate surface area is 169 Å². The number of fused-ring (bicyclic) bond motifs is 1. The third-order valence-electron chi connectivity index (χ3n) is 4.14. The molecule has 9 heteroatoms. The molecule has 0 unspecified atom stereocenters. The second-order valence-electron chi connectivity index (χ2n) is 6.19. The van der Waals surface area contributed by atoms with Gasteiger partial charge in [-0.15, -0.1) is 11.8 Å². The Morgan fingerprint density at radius 1 is 1.21 bits per heavy atom. The van der Waals surface area contributed by atoms with E-state index in [1.807, 2.05) is 12.1 Å². The van der Waals surface area contributed by atoms with Crippen molar-refractivity contribution in [1.29, 1.82) is 0 Å². The first kappa shape index (κ1) is 18.8. The zero-order valence-electron chi connectivity index (χ0n) is 15.3. The molecule has 0 aliphatic carbocycles. The Bertz CT molecular complexity index is 1200. The van der Waals surface area contributed by atoms with Crippen molar-refractivity contribution in [3.8, 4) is 11.5 Å². The molecule has 29 heavy (non-hydrogen) atoms. The Kier molecular flexibility index (Phi) is 5.05. The van der Waals surface area contributed by atoms with Gasteiger partial charge in [0.1, 0.15) is 5.69 Å². The lowest BCUT2D eigenvalue weighted by atomic mass is 10.1. The number of amides is 2. The van der Waals surface area contributed by atoms with Gasteiger partial charge in [0, 0.05) is 4.90 Å². The van der Waals surface area contributed by atoms with Gasteiger partial charge in [-0.3, -0.25) is 9.59 Å². The standard InChI is InChI=1S/C20H16N4O4S/c1-11-18-12(9-14(15-6-4-8-27-15)23-20(18)28-24-11)19(26)22-13-5-2-3-7-16(13)29-10-17(21)25/h2-9H,10H2,1H3,(H2,21,25)(H,22,26). The lowest BCUT2D eigenvalue weighted by Gasteiger charge is -2.11. The first-order valence-electron chi connectivity index (χ1n) is 8.65. The number of hydrogen-bond acceptors (Lipinski definition) is 7. The SMILES string of the molecule is Cc1noc2nc(-c3ccco3)cc(C(=O)Nc3ccccc3SCC(N)=O)c12. The number of para-hydroxylation sites is 1. The van der Waals surface area contributed by atoms with Crippen LogP contribution >= 0.6 is 11.8 Å². The molecule has 4 rings (SSSR count). The van der Waals surface area contributed by atoms with Crippen molar-refractivity contribution < 1.29 is 18.5 Å². The molecule has 0 aliphatic rings. The number of primary amides is 1. The van der Waals surface area contributed by atoms with Gasteiger partial charge in [-0.25, -0.2) is 4.98 Å². The van der Waals surface area contributed by atoms with Crippen molar-refractivity contribution in [2.45, 2.75) is 11.8 Å². The lowest BCUT2D eigenvalue weighted by Crippen LogP contribution is -2.15. The molecule has 2 amide bonds. The monoisotopic (exact) mass is 408 g/mol. The van der Waals surface area contributed by atoms with E-state index in [4.69, 9.17) is 14.7 Å². The predicted molar refractivity (Wildman–Crippen MR) is 109 cm³/mol. The van der Waals surface area contributed by atoms with Gasteiger partial charge in [-0.05, 0) is 37.3 Å². The molecule has 0 spiro atoms. The van der Waals surface area contributed by atoms with E-state index < -0.39 is 5.91 Å². The predicted octanol–water partition coefficient (Wildman–Crippen LogP) is 3.62. The minimum atomic E-state index is -0.435. The van der Waals surface area contributed by atoms with Crippen molar-refractivity contribution in [3.05, 3.63) is 60.0 Å². The topological polar surface area (TPSA) is 124 Å². The van der Waals surface area contributed by atoms with Crippen LogP contribution in [0, 0.1) is 6.92 Å². The van der Waals surface area contributed by atoms with Crippen LogP contribution in [0.1, 0.15) is 16.1 Å². The summed E-state index contributed by atoms with van der Waals surface area (Å²) in [6.45, 7) is 1.74. The third-order valence-corrected chi connectivity index (χ3v) is 5.24. The Balaban J connectivity index is 1.72. The summed E-state index contributed by atoms with van der Waals surface area (Å²) in [7, 11) is 0. The quantitative estimate of drug-likeness (QED) is 0.467. The number of rotatable bonds is 6. The van der Waals surface area contributed by atoms with Gasteiger partial charge in [0.25, 0.3) is 11.6 Å². The molecule has 3 heterocycles. The first-order valence-corrected chi connectivity index (χ1v) is 9.64. The largest absolute Gasteiger partial charge is 0.463 e. The van der Waals surface area contributed by atoms with Crippen molar-refractivity contribution in [2.24, 2.45) is 5.73 Å². The molecule has 0 saturated heterocycles. The molecule has 1 aromatic carbocycles. The van der Waals surface area contributed by atoms with Gasteiger partial charge in [0.05, 0.1) is 34.3 Å². The number of aryl methyl sites for hydroxylation is 1. The van der Waals surface area contributed by atoms with Crippen LogP contribution in [0.5, 0.6) is 0 Å². The molecule has 146 valence electrons. The van der Waals surface area contributed by atoms with Crippen molar-refractivity contribution in [3.63, 3.8) is 0 Å². The van der Waals surface area contributed by atoms with Crippen LogP contribution in [0.15, 0.2) is 62.6 Å². The van der Waals surface area contributed by atoms with E-state index in [2.05, 4.69) is 15.5 Å². The normalized spacial score (nSPS) is 10.9. The van der Waals surface area contributed by atoms with Gasteiger partial charge >= 0.3 is 0 Å². The number of benzene rings is 1. The number of anilines is 1. The summed E-state index contributed by atoms with van der Waals surface area (Å²) in [6, 6.07) is 12.3. The maximum atomic E-state index is 13.2. The highest BCUT2D eigenvalue weighted by Gasteiger charge is 2.21. The summed E-state index contributed by atoms with van der Waals surface area (Å²) in [5.41, 5.74) is 7.42. The van der Waals surface area contributed by atoms with Crippen molar-refractivity contribution >= 4 is 40.4 Å². The molecule has 0 fully saturated rings. The number of nitrogens with one attached hydrogen (secondary N) is 1. The lowest BCUT2D eigenvalue weighted by molar-refractivity contribution is -0.115. The molecule has 8 nitrogen and oxygen atoms in total. The molecule has 3 aromatic heterocycles. The Hall–Kier alpha value is -3.59. The number of pyridine rings is 1. The summed E-state index contributed by atoms with van der Waals surface area (Å²) in [5, 5.41) is 7.35. The van der Waals surface area contributed by atoms with Crippen LogP contribution in [0.2, 0.25) is 0 Å². The van der Waals surface area contributed by atoms with Gasteiger partial charge < -0.3 is 20.0 Å². The summed E-state index contributed by atoms with van der Waals surface area (Å²) in [5.74, 6) is -0.175.